The Morgan fingerprint density at radius 3 is 1.73 bits per heavy atom. The van der Waals surface area contributed by atoms with Gasteiger partial charge in [0, 0.05) is 25.2 Å². The molecule has 17 heteroatoms. The standard InChI is InChI=1S/C10H7N3S.3C2H7O3P.Al/c1-2-4-8-7(3-1)12-10(13-8)9-5-14-6-11-9;3*1-2-5-6(3)4;/h1-6H,(H,12,13);3*6H,2H2,1H3,(H,3,4);/q;;;;+3/p-3. The van der Waals surface area contributed by atoms with Gasteiger partial charge in [0.25, 0.3) is 0 Å². The molecule has 0 aliphatic heterocycles. The normalized spacial score (nSPS) is 12.4. The van der Waals surface area contributed by atoms with E-state index >= 15 is 0 Å². The van der Waals surface area contributed by atoms with Crippen LogP contribution in [-0.4, -0.2) is 52.1 Å². The molecule has 0 amide bonds. The van der Waals surface area contributed by atoms with Crippen LogP contribution in [-0.2, 0) is 27.3 Å². The van der Waals surface area contributed by atoms with Gasteiger partial charge in [-0.1, -0.05) is 12.1 Å². The van der Waals surface area contributed by atoms with Crippen molar-refractivity contribution in [2.45, 2.75) is 20.8 Å². The number of fused-ring (bicyclic) bond motifs is 1. The van der Waals surface area contributed by atoms with Crippen LogP contribution in [0.3, 0.4) is 0 Å². The summed E-state index contributed by atoms with van der Waals surface area (Å²) in [7, 11) is -8.66. The van der Waals surface area contributed by atoms with E-state index < -0.39 is 24.8 Å². The van der Waals surface area contributed by atoms with Gasteiger partial charge in [-0.15, -0.1) is 11.3 Å². The Morgan fingerprint density at radius 1 is 0.909 bits per heavy atom. The fourth-order valence-electron chi connectivity index (χ4n) is 1.76. The first-order chi connectivity index (χ1) is 15.2. The summed E-state index contributed by atoms with van der Waals surface area (Å²) in [4.78, 5) is 40.2. The number of hydrogen-bond acceptors (Lipinski definition) is 12. The molecule has 182 valence electrons. The second kappa shape index (κ2) is 21.8. The van der Waals surface area contributed by atoms with Crippen LogP contribution in [0.1, 0.15) is 20.8 Å². The maximum absolute atomic E-state index is 9.45. The minimum atomic E-state index is -2.89. The number of aromatic amines is 1. The Bertz CT molecular complexity index is 877. The summed E-state index contributed by atoms with van der Waals surface area (Å²) in [5, 5.41) is 1.98. The zero-order chi connectivity index (χ0) is 24.4. The van der Waals surface area contributed by atoms with Crippen LogP contribution < -0.4 is 14.7 Å². The molecule has 0 radical (unpaired) electrons. The van der Waals surface area contributed by atoms with Crippen molar-refractivity contribution in [3.05, 3.63) is 35.2 Å². The van der Waals surface area contributed by atoms with Crippen molar-refractivity contribution in [1.29, 1.82) is 0 Å². The van der Waals surface area contributed by atoms with E-state index in [1.54, 1.807) is 32.1 Å². The molecule has 3 atom stereocenters. The summed E-state index contributed by atoms with van der Waals surface area (Å²) < 4.78 is 40.5. The van der Waals surface area contributed by atoms with Gasteiger partial charge in [-0.05, 0) is 32.9 Å². The van der Waals surface area contributed by atoms with Crippen molar-refractivity contribution in [1.82, 2.24) is 15.0 Å². The first-order valence-corrected chi connectivity index (χ1v) is 13.7. The number of para-hydroxylation sites is 2. The third kappa shape index (κ3) is 18.3. The van der Waals surface area contributed by atoms with E-state index in [-0.39, 0.29) is 37.2 Å². The molecule has 3 unspecified atom stereocenters. The molecule has 2 heterocycles. The van der Waals surface area contributed by atoms with Crippen molar-refractivity contribution in [3.63, 3.8) is 0 Å². The Balaban J connectivity index is 0. The topological polar surface area (TPSA) is 190 Å². The summed E-state index contributed by atoms with van der Waals surface area (Å²) in [5.41, 5.74) is 4.75. The van der Waals surface area contributed by atoms with E-state index in [0.717, 1.165) is 22.6 Å². The predicted octanol–water partition coefficient (Wildman–Crippen LogP) is 1.62. The van der Waals surface area contributed by atoms with Gasteiger partial charge in [0.1, 0.15) is 30.5 Å². The van der Waals surface area contributed by atoms with Crippen LogP contribution in [0.15, 0.2) is 35.2 Å². The first-order valence-electron chi connectivity index (χ1n) is 9.09. The minimum absolute atomic E-state index is 0. The Kier molecular flexibility index (Phi) is 22.8. The van der Waals surface area contributed by atoms with Crippen LogP contribution in [0.4, 0.5) is 0 Å². The summed E-state index contributed by atoms with van der Waals surface area (Å²) >= 11 is 1.57. The molecule has 0 aliphatic rings. The molecular formula is C16H25AlN3O9P3S. The number of thiazole rings is 1. The van der Waals surface area contributed by atoms with Crippen molar-refractivity contribution in [3.8, 4) is 11.5 Å². The zero-order valence-electron chi connectivity index (χ0n) is 18.1. The molecule has 0 bridgehead atoms. The summed E-state index contributed by atoms with van der Waals surface area (Å²) in [6, 6.07) is 7.97. The van der Waals surface area contributed by atoms with Gasteiger partial charge in [0.05, 0.1) is 16.5 Å². The second-order valence-corrected chi connectivity index (χ2v) is 8.11. The molecule has 0 fully saturated rings. The Labute approximate surface area is 208 Å². The monoisotopic (exact) mass is 555 g/mol. The number of nitrogens with one attached hydrogen (secondary N) is 1. The average molecular weight is 555 g/mol. The number of nitrogens with zero attached hydrogens (tertiary/aromatic N) is 2. The van der Waals surface area contributed by atoms with E-state index in [2.05, 4.69) is 28.5 Å². The number of aromatic nitrogens is 3. The molecule has 0 saturated heterocycles. The molecule has 0 aliphatic carbocycles. The van der Waals surface area contributed by atoms with Crippen LogP contribution in [0.5, 0.6) is 0 Å². The smallest absolute Gasteiger partial charge is 0.781 e. The molecule has 0 spiro atoms. The van der Waals surface area contributed by atoms with Gasteiger partial charge in [0.15, 0.2) is 5.82 Å². The average Bonchev–Trinajstić information content (AvgIpc) is 3.39. The molecule has 33 heavy (non-hydrogen) atoms. The van der Waals surface area contributed by atoms with Crippen molar-refractivity contribution < 1.29 is 41.9 Å². The largest absolute Gasteiger partial charge is 3.00 e. The first kappa shape index (κ1) is 34.5. The van der Waals surface area contributed by atoms with E-state index in [4.69, 9.17) is 0 Å². The number of H-pyrrole nitrogens is 1. The van der Waals surface area contributed by atoms with E-state index in [0.29, 0.717) is 0 Å². The molecule has 1 N–H and O–H groups in total. The Morgan fingerprint density at radius 2 is 1.39 bits per heavy atom. The zero-order valence-corrected chi connectivity index (χ0v) is 23.1. The van der Waals surface area contributed by atoms with Crippen LogP contribution >= 0.6 is 36.1 Å². The third-order valence-electron chi connectivity index (χ3n) is 2.85. The van der Waals surface area contributed by atoms with Crippen molar-refractivity contribution in [2.24, 2.45) is 0 Å². The van der Waals surface area contributed by atoms with Crippen molar-refractivity contribution >= 4 is 64.5 Å². The van der Waals surface area contributed by atoms with Gasteiger partial charge in [0.2, 0.25) is 0 Å². The van der Waals surface area contributed by atoms with Gasteiger partial charge in [-0.2, -0.15) is 0 Å². The van der Waals surface area contributed by atoms with Crippen molar-refractivity contribution in [2.75, 3.05) is 19.8 Å². The third-order valence-corrected chi connectivity index (χ3v) is 5.01. The quantitative estimate of drug-likeness (QED) is 0.329. The number of benzene rings is 1. The van der Waals surface area contributed by atoms with Crippen LogP contribution in [0.2, 0.25) is 0 Å². The fourth-order valence-corrected chi connectivity index (χ4v) is 3.00. The van der Waals surface area contributed by atoms with Gasteiger partial charge in [-0.25, -0.2) is 9.97 Å². The maximum atomic E-state index is 9.45. The number of hydrogen-bond donors (Lipinski definition) is 1. The van der Waals surface area contributed by atoms with Gasteiger partial charge < -0.3 is 46.9 Å². The second-order valence-electron chi connectivity index (χ2n) is 5.03. The van der Waals surface area contributed by atoms with Crippen LogP contribution in [0, 0.1) is 0 Å². The van der Waals surface area contributed by atoms with E-state index in [1.165, 1.54) is 0 Å². The molecule has 3 rings (SSSR count). The summed E-state index contributed by atoms with van der Waals surface area (Å²) in [5.74, 6) is 0.840. The molecule has 0 saturated carbocycles. The molecule has 12 nitrogen and oxygen atoms in total. The van der Waals surface area contributed by atoms with Gasteiger partial charge >= 0.3 is 17.4 Å². The SMILES string of the molecule is CCO[PH](=O)[O-].CCO[PH](=O)[O-].CCO[PH](=O)[O-].[Al+3].c1ccc2[nH]c(-c3cscn3)nc2c1. The van der Waals surface area contributed by atoms with Crippen LogP contribution in [0.25, 0.3) is 22.6 Å². The van der Waals surface area contributed by atoms with E-state index in [9.17, 15) is 28.4 Å². The van der Waals surface area contributed by atoms with E-state index in [1.807, 2.05) is 35.2 Å². The predicted molar refractivity (Wildman–Crippen MR) is 125 cm³/mol. The molecule has 2 aromatic heterocycles. The summed E-state index contributed by atoms with van der Waals surface area (Å²) in [6.07, 6.45) is 0. The maximum Gasteiger partial charge on any atom is 3.00 e. The van der Waals surface area contributed by atoms with Gasteiger partial charge in [-0.3, -0.25) is 0 Å². The molecular weight excluding hydrogens is 530 g/mol. The fraction of sp³-hybridized carbons (Fsp3) is 0.375. The number of rotatable bonds is 7. The molecule has 1 aromatic carbocycles. The molecule has 3 aromatic rings. The summed E-state index contributed by atoms with van der Waals surface area (Å²) in [6.45, 7) is 5.63. The minimum Gasteiger partial charge on any atom is -0.781 e. The Hall–Kier alpha value is -0.698. The number of imidazole rings is 1.